The molecule has 1 saturated heterocycles. The Morgan fingerprint density at radius 2 is 2.14 bits per heavy atom. The maximum Gasteiger partial charge on any atom is 0.250 e. The van der Waals surface area contributed by atoms with E-state index in [1.807, 2.05) is 36.5 Å². The molecular formula is C22H23N5O2. The number of aromatic amines is 1. The van der Waals surface area contributed by atoms with Crippen LogP contribution in [0, 0.1) is 0 Å². The second-order valence-electron chi connectivity index (χ2n) is 7.58. The number of para-hydroxylation sites is 1. The van der Waals surface area contributed by atoms with Crippen molar-refractivity contribution in [2.24, 2.45) is 0 Å². The molecule has 0 unspecified atom stereocenters. The predicted octanol–water partition coefficient (Wildman–Crippen LogP) is 2.24. The molecule has 1 atom stereocenters. The van der Waals surface area contributed by atoms with Crippen molar-refractivity contribution >= 4 is 34.2 Å². The second-order valence-corrected chi connectivity index (χ2v) is 7.58. The lowest BCUT2D eigenvalue weighted by Gasteiger charge is -2.38. The summed E-state index contributed by atoms with van der Waals surface area (Å²) in [6, 6.07) is 11.6. The summed E-state index contributed by atoms with van der Waals surface area (Å²) in [5, 5.41) is 4.14. The van der Waals surface area contributed by atoms with E-state index in [2.05, 4.69) is 26.3 Å². The van der Waals surface area contributed by atoms with E-state index in [0.717, 1.165) is 42.8 Å². The van der Waals surface area contributed by atoms with Crippen LogP contribution in [0.2, 0.25) is 0 Å². The molecule has 0 radical (unpaired) electrons. The molecule has 0 bridgehead atoms. The van der Waals surface area contributed by atoms with Gasteiger partial charge in [-0.1, -0.05) is 18.2 Å². The molecule has 0 saturated carbocycles. The van der Waals surface area contributed by atoms with Crippen LogP contribution in [0.15, 0.2) is 48.8 Å². The van der Waals surface area contributed by atoms with E-state index in [4.69, 9.17) is 0 Å². The van der Waals surface area contributed by atoms with Crippen LogP contribution in [0.25, 0.3) is 10.9 Å². The summed E-state index contributed by atoms with van der Waals surface area (Å²) in [6.07, 6.45) is 6.24. The number of carbonyl (C=O) groups excluding carboxylic acids is 2. The molecule has 2 aliphatic heterocycles. The third kappa shape index (κ3) is 3.12. The predicted molar refractivity (Wildman–Crippen MR) is 112 cm³/mol. The second kappa shape index (κ2) is 7.24. The van der Waals surface area contributed by atoms with Crippen LogP contribution in [-0.4, -0.2) is 47.5 Å². The van der Waals surface area contributed by atoms with Gasteiger partial charge in [-0.3, -0.25) is 14.5 Å². The quantitative estimate of drug-likeness (QED) is 0.701. The van der Waals surface area contributed by atoms with Gasteiger partial charge in [0.2, 0.25) is 11.8 Å². The molecule has 2 aromatic heterocycles. The third-order valence-corrected chi connectivity index (χ3v) is 5.83. The molecule has 2 N–H and O–H groups in total. The standard InChI is InChI=1S/C22H23N5O2/c28-20(23-11-9-15-13-25-17-6-2-1-5-16(15)17)14-27-18-7-3-10-24-21(18)26-12-4-8-19(26)22(27)29/h1-3,5-7,10,13,19,25H,4,8-9,11-12,14H2,(H,23,28)/t19-/m1/s1. The van der Waals surface area contributed by atoms with Crippen LogP contribution in [0.3, 0.4) is 0 Å². The Balaban J connectivity index is 1.26. The molecule has 5 rings (SSSR count). The number of H-pyrrole nitrogens is 1. The molecule has 2 aliphatic rings. The molecule has 1 aromatic carbocycles. The van der Waals surface area contributed by atoms with Crippen molar-refractivity contribution in [3.05, 3.63) is 54.4 Å². The fraction of sp³-hybridized carbons (Fsp3) is 0.318. The summed E-state index contributed by atoms with van der Waals surface area (Å²) >= 11 is 0. The number of carbonyl (C=O) groups is 2. The number of hydrogen-bond donors (Lipinski definition) is 2. The Kier molecular flexibility index (Phi) is 4.42. The summed E-state index contributed by atoms with van der Waals surface area (Å²) in [5.41, 5.74) is 2.99. The topological polar surface area (TPSA) is 81.3 Å². The highest BCUT2D eigenvalue weighted by Crippen LogP contribution is 2.37. The van der Waals surface area contributed by atoms with Crippen molar-refractivity contribution in [3.63, 3.8) is 0 Å². The van der Waals surface area contributed by atoms with Gasteiger partial charge in [0.15, 0.2) is 5.82 Å². The number of amides is 2. The van der Waals surface area contributed by atoms with Crippen LogP contribution in [0.5, 0.6) is 0 Å². The Morgan fingerprint density at radius 1 is 1.24 bits per heavy atom. The molecular weight excluding hydrogens is 366 g/mol. The van der Waals surface area contributed by atoms with Gasteiger partial charge in [-0.15, -0.1) is 0 Å². The summed E-state index contributed by atoms with van der Waals surface area (Å²) in [6.45, 7) is 1.39. The number of nitrogens with zero attached hydrogens (tertiary/aromatic N) is 3. The van der Waals surface area contributed by atoms with Crippen molar-refractivity contribution in [1.82, 2.24) is 15.3 Å². The summed E-state index contributed by atoms with van der Waals surface area (Å²) in [4.78, 5) is 37.0. The summed E-state index contributed by atoms with van der Waals surface area (Å²) in [5.74, 6) is 0.649. The Bertz CT molecular complexity index is 1080. The molecule has 4 heterocycles. The Hall–Kier alpha value is -3.35. The fourth-order valence-corrected chi connectivity index (χ4v) is 4.43. The van der Waals surface area contributed by atoms with E-state index < -0.39 is 0 Å². The van der Waals surface area contributed by atoms with Crippen molar-refractivity contribution in [2.45, 2.75) is 25.3 Å². The molecule has 7 nitrogen and oxygen atoms in total. The average molecular weight is 389 g/mol. The van der Waals surface area contributed by atoms with Gasteiger partial charge in [-0.25, -0.2) is 4.98 Å². The summed E-state index contributed by atoms with van der Waals surface area (Å²) in [7, 11) is 0. The zero-order valence-corrected chi connectivity index (χ0v) is 16.1. The molecule has 1 fully saturated rings. The highest BCUT2D eigenvalue weighted by Gasteiger charge is 2.41. The summed E-state index contributed by atoms with van der Waals surface area (Å²) < 4.78 is 0. The van der Waals surface area contributed by atoms with Gasteiger partial charge >= 0.3 is 0 Å². The average Bonchev–Trinajstić information content (AvgIpc) is 3.39. The molecule has 3 aromatic rings. The minimum absolute atomic E-state index is 0.00483. The maximum absolute atomic E-state index is 13.0. The highest BCUT2D eigenvalue weighted by molar-refractivity contribution is 6.08. The van der Waals surface area contributed by atoms with E-state index in [-0.39, 0.29) is 24.4 Å². The number of nitrogens with one attached hydrogen (secondary N) is 2. The zero-order valence-electron chi connectivity index (χ0n) is 16.1. The van der Waals surface area contributed by atoms with Gasteiger partial charge in [0, 0.05) is 36.4 Å². The number of anilines is 2. The normalized spacial score (nSPS) is 18.1. The lowest BCUT2D eigenvalue weighted by Crippen LogP contribution is -2.53. The van der Waals surface area contributed by atoms with Crippen molar-refractivity contribution < 1.29 is 9.59 Å². The first kappa shape index (κ1) is 17.7. The largest absolute Gasteiger partial charge is 0.361 e. The first-order valence-electron chi connectivity index (χ1n) is 10.1. The number of fused-ring (bicyclic) bond motifs is 4. The van der Waals surface area contributed by atoms with E-state index in [1.54, 1.807) is 11.1 Å². The number of hydrogen-bond acceptors (Lipinski definition) is 4. The number of pyridine rings is 1. The number of benzene rings is 1. The Morgan fingerprint density at radius 3 is 3.07 bits per heavy atom. The van der Waals surface area contributed by atoms with Crippen LogP contribution in [0.1, 0.15) is 18.4 Å². The van der Waals surface area contributed by atoms with E-state index in [0.29, 0.717) is 6.54 Å². The SMILES string of the molecule is O=C(CN1C(=O)[C@H]2CCCN2c2ncccc21)NCCc1c[nH]c2ccccc12. The smallest absolute Gasteiger partial charge is 0.250 e. The van der Waals surface area contributed by atoms with Gasteiger partial charge in [-0.05, 0) is 43.0 Å². The number of rotatable bonds is 5. The van der Waals surface area contributed by atoms with Crippen LogP contribution in [-0.2, 0) is 16.0 Å². The van der Waals surface area contributed by atoms with Gasteiger partial charge < -0.3 is 15.2 Å². The Labute approximate surface area is 168 Å². The van der Waals surface area contributed by atoms with Crippen molar-refractivity contribution in [3.8, 4) is 0 Å². The molecule has 2 amide bonds. The minimum Gasteiger partial charge on any atom is -0.361 e. The fourth-order valence-electron chi connectivity index (χ4n) is 4.43. The first-order valence-corrected chi connectivity index (χ1v) is 10.1. The minimum atomic E-state index is -0.198. The van der Waals surface area contributed by atoms with E-state index in [1.165, 1.54) is 10.9 Å². The molecule has 29 heavy (non-hydrogen) atoms. The number of aromatic nitrogens is 2. The highest BCUT2D eigenvalue weighted by atomic mass is 16.2. The van der Waals surface area contributed by atoms with Gasteiger partial charge in [-0.2, -0.15) is 0 Å². The van der Waals surface area contributed by atoms with Crippen molar-refractivity contribution in [2.75, 3.05) is 29.4 Å². The van der Waals surface area contributed by atoms with Gasteiger partial charge in [0.25, 0.3) is 0 Å². The lowest BCUT2D eigenvalue weighted by molar-refractivity contribution is -0.124. The lowest BCUT2D eigenvalue weighted by atomic mass is 10.1. The van der Waals surface area contributed by atoms with E-state index >= 15 is 0 Å². The van der Waals surface area contributed by atoms with Crippen LogP contribution in [0.4, 0.5) is 11.5 Å². The zero-order chi connectivity index (χ0) is 19.8. The molecule has 148 valence electrons. The van der Waals surface area contributed by atoms with E-state index in [9.17, 15) is 9.59 Å². The maximum atomic E-state index is 13.0. The van der Waals surface area contributed by atoms with Crippen LogP contribution < -0.4 is 15.1 Å². The van der Waals surface area contributed by atoms with Gasteiger partial charge in [0.05, 0.1) is 5.69 Å². The molecule has 0 spiro atoms. The molecule has 0 aliphatic carbocycles. The van der Waals surface area contributed by atoms with Crippen molar-refractivity contribution in [1.29, 1.82) is 0 Å². The monoisotopic (exact) mass is 389 g/mol. The third-order valence-electron chi connectivity index (χ3n) is 5.83. The van der Waals surface area contributed by atoms with Gasteiger partial charge in [0.1, 0.15) is 12.6 Å². The first-order chi connectivity index (χ1) is 14.2. The van der Waals surface area contributed by atoms with Crippen LogP contribution >= 0.6 is 0 Å². The molecule has 7 heteroatoms.